The van der Waals surface area contributed by atoms with Crippen LogP contribution in [0.1, 0.15) is 26.7 Å². The van der Waals surface area contributed by atoms with E-state index >= 15 is 0 Å². The zero-order valence-corrected chi connectivity index (χ0v) is 20.4. The summed E-state index contributed by atoms with van der Waals surface area (Å²) in [6, 6.07) is 0.254. The molecule has 0 aliphatic carbocycles. The van der Waals surface area contributed by atoms with Crippen molar-refractivity contribution < 1.29 is 8.42 Å². The highest BCUT2D eigenvalue weighted by Gasteiger charge is 2.22. The molecular weight excluding hydrogens is 493 g/mol. The first-order valence-electron chi connectivity index (χ1n) is 9.58. The topological polar surface area (TPSA) is 94.9 Å². The second-order valence-electron chi connectivity index (χ2n) is 6.70. The number of hydrogen-bond donors (Lipinski definition) is 2. The number of aryl methyl sites for hydroxylation is 1. The first-order valence-corrected chi connectivity index (χ1v) is 11.2. The summed E-state index contributed by atoms with van der Waals surface area (Å²) in [5, 5.41) is 10.8. The molecule has 9 nitrogen and oxygen atoms in total. The fourth-order valence-corrected chi connectivity index (χ4v) is 4.74. The summed E-state index contributed by atoms with van der Waals surface area (Å²) in [6.45, 7) is 6.91. The second-order valence-corrected chi connectivity index (χ2v) is 8.79. The number of nitrogens with zero attached hydrogens (tertiary/aromatic N) is 5. The normalized spacial score (nSPS) is 18.1. The molecule has 1 atom stereocenters. The standard InChI is InChI=1S/C17H33N7O2S.HI/c1-5-24(6-2)27(25,26)11-9-19-17(18-3)21-15-8-7-10-23(13-15)16-12-20-22(4)14-16;/h12,14-15H,5-11,13H2,1-4H3,(H2,18,19,21);1H. The molecule has 2 rings (SSSR count). The largest absolute Gasteiger partial charge is 0.367 e. The number of aromatic nitrogens is 2. The van der Waals surface area contributed by atoms with Crippen LogP contribution in [0, 0.1) is 0 Å². The summed E-state index contributed by atoms with van der Waals surface area (Å²) in [5.41, 5.74) is 1.12. The molecule has 28 heavy (non-hydrogen) atoms. The van der Waals surface area contributed by atoms with Crippen LogP contribution in [-0.4, -0.2) is 80.0 Å². The van der Waals surface area contributed by atoms with Crippen LogP contribution in [0.15, 0.2) is 17.4 Å². The van der Waals surface area contributed by atoms with Gasteiger partial charge in [0, 0.05) is 59.1 Å². The Labute approximate surface area is 186 Å². The van der Waals surface area contributed by atoms with Gasteiger partial charge in [-0.1, -0.05) is 13.8 Å². The van der Waals surface area contributed by atoms with Crippen LogP contribution >= 0.6 is 24.0 Å². The minimum atomic E-state index is -3.23. The first kappa shape index (κ1) is 25.0. The molecule has 1 unspecified atom stereocenters. The predicted octanol–water partition coefficient (Wildman–Crippen LogP) is 0.844. The summed E-state index contributed by atoms with van der Waals surface area (Å²) >= 11 is 0. The van der Waals surface area contributed by atoms with Gasteiger partial charge in [-0.25, -0.2) is 12.7 Å². The molecule has 1 aromatic heterocycles. The van der Waals surface area contributed by atoms with Crippen molar-refractivity contribution in [3.63, 3.8) is 0 Å². The summed E-state index contributed by atoms with van der Waals surface area (Å²) < 4.78 is 27.8. The van der Waals surface area contributed by atoms with Crippen molar-refractivity contribution in [1.82, 2.24) is 24.7 Å². The van der Waals surface area contributed by atoms with Gasteiger partial charge in [-0.15, -0.1) is 24.0 Å². The molecule has 1 saturated heterocycles. The number of rotatable bonds is 8. The molecule has 1 aliphatic rings. The molecule has 162 valence electrons. The fraction of sp³-hybridized carbons (Fsp3) is 0.765. The summed E-state index contributed by atoms with van der Waals surface area (Å²) in [7, 11) is 0.391. The average molecular weight is 527 g/mol. The van der Waals surface area contributed by atoms with Crippen molar-refractivity contribution in [3.05, 3.63) is 12.4 Å². The van der Waals surface area contributed by atoms with Crippen LogP contribution in [0.4, 0.5) is 5.69 Å². The molecule has 0 aromatic carbocycles. The third-order valence-electron chi connectivity index (χ3n) is 4.79. The third kappa shape index (κ3) is 7.07. The molecule has 11 heteroatoms. The zero-order chi connectivity index (χ0) is 19.9. The SMILES string of the molecule is CCN(CC)S(=O)(=O)CCNC(=NC)NC1CCCN(c2cnn(C)c2)C1.I. The second kappa shape index (κ2) is 11.8. The molecule has 0 spiro atoms. The van der Waals surface area contributed by atoms with E-state index in [1.807, 2.05) is 38.0 Å². The van der Waals surface area contributed by atoms with Crippen molar-refractivity contribution in [3.8, 4) is 0 Å². The molecule has 0 saturated carbocycles. The lowest BCUT2D eigenvalue weighted by Gasteiger charge is -2.34. The molecule has 0 amide bonds. The Morgan fingerprint density at radius 1 is 1.39 bits per heavy atom. The minimum Gasteiger partial charge on any atom is -0.367 e. The van der Waals surface area contributed by atoms with E-state index in [0.29, 0.717) is 25.6 Å². The molecule has 1 fully saturated rings. The number of piperidine rings is 1. The van der Waals surface area contributed by atoms with E-state index in [2.05, 4.69) is 25.6 Å². The Bertz CT molecular complexity index is 719. The van der Waals surface area contributed by atoms with E-state index < -0.39 is 10.0 Å². The van der Waals surface area contributed by atoms with Crippen LogP contribution in [0.25, 0.3) is 0 Å². The zero-order valence-electron chi connectivity index (χ0n) is 17.3. The maximum absolute atomic E-state index is 12.3. The Morgan fingerprint density at radius 3 is 2.68 bits per heavy atom. The summed E-state index contributed by atoms with van der Waals surface area (Å²) in [5.74, 6) is 0.699. The minimum absolute atomic E-state index is 0. The maximum atomic E-state index is 12.3. The van der Waals surface area contributed by atoms with Gasteiger partial charge < -0.3 is 15.5 Å². The number of hydrogen-bond acceptors (Lipinski definition) is 5. The molecule has 0 radical (unpaired) electrons. The van der Waals surface area contributed by atoms with Crippen LogP contribution in [0.5, 0.6) is 0 Å². The van der Waals surface area contributed by atoms with Gasteiger partial charge in [-0.2, -0.15) is 5.10 Å². The predicted molar refractivity (Wildman–Crippen MR) is 125 cm³/mol. The van der Waals surface area contributed by atoms with Gasteiger partial charge in [0.2, 0.25) is 10.0 Å². The van der Waals surface area contributed by atoms with E-state index in [1.54, 1.807) is 7.05 Å². The van der Waals surface area contributed by atoms with E-state index in [0.717, 1.165) is 31.6 Å². The van der Waals surface area contributed by atoms with Gasteiger partial charge in [-0.05, 0) is 12.8 Å². The van der Waals surface area contributed by atoms with Crippen LogP contribution < -0.4 is 15.5 Å². The Morgan fingerprint density at radius 2 is 2.11 bits per heavy atom. The van der Waals surface area contributed by atoms with Gasteiger partial charge in [0.15, 0.2) is 5.96 Å². The Hall–Kier alpha value is -1.08. The highest BCUT2D eigenvalue weighted by atomic mass is 127. The number of anilines is 1. The summed E-state index contributed by atoms with van der Waals surface area (Å²) in [4.78, 5) is 6.55. The Kier molecular flexibility index (Phi) is 10.5. The van der Waals surface area contributed by atoms with E-state index in [1.165, 1.54) is 4.31 Å². The van der Waals surface area contributed by atoms with Gasteiger partial charge in [0.1, 0.15) is 0 Å². The lowest BCUT2D eigenvalue weighted by Crippen LogP contribution is -2.52. The number of sulfonamides is 1. The molecule has 2 N–H and O–H groups in total. The van der Waals surface area contributed by atoms with Gasteiger partial charge in [0.05, 0.1) is 17.6 Å². The van der Waals surface area contributed by atoms with Crippen LogP contribution in [0.3, 0.4) is 0 Å². The quantitative estimate of drug-likeness (QED) is 0.296. The maximum Gasteiger partial charge on any atom is 0.215 e. The Balaban J connectivity index is 0.00000392. The van der Waals surface area contributed by atoms with Crippen molar-refractivity contribution in [2.24, 2.45) is 12.0 Å². The third-order valence-corrected chi connectivity index (χ3v) is 6.82. The van der Waals surface area contributed by atoms with Gasteiger partial charge >= 0.3 is 0 Å². The van der Waals surface area contributed by atoms with Crippen LogP contribution in [0.2, 0.25) is 0 Å². The monoisotopic (exact) mass is 527 g/mol. The van der Waals surface area contributed by atoms with Crippen molar-refractivity contribution in [2.45, 2.75) is 32.7 Å². The number of guanidine groups is 1. The summed E-state index contributed by atoms with van der Waals surface area (Å²) in [6.07, 6.45) is 6.04. The van der Waals surface area contributed by atoms with E-state index in [4.69, 9.17) is 0 Å². The molecule has 1 aromatic rings. The van der Waals surface area contributed by atoms with E-state index in [9.17, 15) is 8.42 Å². The lowest BCUT2D eigenvalue weighted by molar-refractivity contribution is 0.444. The molecule has 2 heterocycles. The van der Waals surface area contributed by atoms with Crippen molar-refractivity contribution >= 4 is 45.6 Å². The van der Waals surface area contributed by atoms with Crippen molar-refractivity contribution in [1.29, 1.82) is 0 Å². The van der Waals surface area contributed by atoms with Gasteiger partial charge in [0.25, 0.3) is 0 Å². The van der Waals surface area contributed by atoms with E-state index in [-0.39, 0.29) is 35.8 Å². The number of halogens is 1. The molecular formula is C17H34IN7O2S. The average Bonchev–Trinajstić information content (AvgIpc) is 3.08. The molecule has 1 aliphatic heterocycles. The van der Waals surface area contributed by atoms with Gasteiger partial charge in [-0.3, -0.25) is 9.67 Å². The number of nitrogens with one attached hydrogen (secondary N) is 2. The highest BCUT2D eigenvalue weighted by Crippen LogP contribution is 2.18. The highest BCUT2D eigenvalue weighted by molar-refractivity contribution is 14.0. The number of aliphatic imine (C=N–C) groups is 1. The van der Waals surface area contributed by atoms with Crippen LogP contribution in [-0.2, 0) is 17.1 Å². The lowest BCUT2D eigenvalue weighted by atomic mass is 10.1. The smallest absolute Gasteiger partial charge is 0.215 e. The van der Waals surface area contributed by atoms with Crippen molar-refractivity contribution in [2.75, 3.05) is 50.4 Å². The fourth-order valence-electron chi connectivity index (χ4n) is 3.33. The first-order chi connectivity index (χ1) is 12.9. The molecule has 0 bridgehead atoms.